The van der Waals surface area contributed by atoms with E-state index in [2.05, 4.69) is 34.6 Å². The third-order valence-corrected chi connectivity index (χ3v) is 4.81. The van der Waals surface area contributed by atoms with Crippen molar-refractivity contribution >= 4 is 27.7 Å². The van der Waals surface area contributed by atoms with Crippen molar-refractivity contribution in [1.82, 2.24) is 0 Å². The zero-order valence-corrected chi connectivity index (χ0v) is 8.88. The van der Waals surface area contributed by atoms with E-state index in [0.29, 0.717) is 0 Å². The molecular weight excluding hydrogens is 208 g/mol. The molecule has 0 radical (unpaired) electrons. The van der Waals surface area contributed by atoms with Gasteiger partial charge in [0.1, 0.15) is 0 Å². The Balaban J connectivity index is 2.14. The number of thioether (sulfide) groups is 1. The highest BCUT2D eigenvalue weighted by Gasteiger charge is 2.24. The van der Waals surface area contributed by atoms with Crippen molar-refractivity contribution in [1.29, 1.82) is 0 Å². The van der Waals surface area contributed by atoms with E-state index in [0.717, 1.165) is 10.7 Å². The Morgan fingerprint density at radius 3 is 2.80 bits per heavy atom. The van der Waals surface area contributed by atoms with Crippen LogP contribution in [0.25, 0.3) is 0 Å². The lowest BCUT2D eigenvalue weighted by Crippen LogP contribution is -2.10. The standard InChI is InChI=1S/C8H15BrS/c1-2-3-4-7-5-10-6-8(7)9/h7-8H,2-6H2,1H3. The summed E-state index contributed by atoms with van der Waals surface area (Å²) in [5, 5.41) is 0. The van der Waals surface area contributed by atoms with Crippen LogP contribution in [0.3, 0.4) is 0 Å². The van der Waals surface area contributed by atoms with Crippen LogP contribution in [-0.4, -0.2) is 16.3 Å². The summed E-state index contributed by atoms with van der Waals surface area (Å²) in [6.45, 7) is 2.27. The van der Waals surface area contributed by atoms with Gasteiger partial charge in [-0.05, 0) is 18.1 Å². The average Bonchev–Trinajstić information content (AvgIpc) is 2.31. The van der Waals surface area contributed by atoms with Crippen LogP contribution >= 0.6 is 27.7 Å². The van der Waals surface area contributed by atoms with Crippen LogP contribution in [0.4, 0.5) is 0 Å². The quantitative estimate of drug-likeness (QED) is 0.661. The molecule has 1 rings (SSSR count). The first-order valence-corrected chi connectivity index (χ1v) is 6.13. The van der Waals surface area contributed by atoms with Gasteiger partial charge >= 0.3 is 0 Å². The second-order valence-corrected chi connectivity index (χ2v) is 5.21. The van der Waals surface area contributed by atoms with Gasteiger partial charge in [0.25, 0.3) is 0 Å². The van der Waals surface area contributed by atoms with Crippen molar-refractivity contribution in [3.8, 4) is 0 Å². The molecule has 1 aliphatic heterocycles. The molecule has 2 heteroatoms. The zero-order chi connectivity index (χ0) is 7.40. The Kier molecular flexibility index (Phi) is 4.15. The Morgan fingerprint density at radius 2 is 2.30 bits per heavy atom. The SMILES string of the molecule is CCCCC1CSCC1Br. The monoisotopic (exact) mass is 222 g/mol. The molecule has 60 valence electrons. The zero-order valence-electron chi connectivity index (χ0n) is 6.48. The summed E-state index contributed by atoms with van der Waals surface area (Å²) in [6.07, 6.45) is 4.19. The Labute approximate surface area is 76.3 Å². The van der Waals surface area contributed by atoms with E-state index in [4.69, 9.17) is 0 Å². The van der Waals surface area contributed by atoms with Gasteiger partial charge in [0.05, 0.1) is 0 Å². The smallest absolute Gasteiger partial charge is 0.0272 e. The van der Waals surface area contributed by atoms with Crippen LogP contribution in [0.2, 0.25) is 0 Å². The second kappa shape index (κ2) is 4.66. The second-order valence-electron chi connectivity index (χ2n) is 2.96. The Morgan fingerprint density at radius 1 is 1.50 bits per heavy atom. The molecule has 0 spiro atoms. The predicted molar refractivity (Wildman–Crippen MR) is 53.1 cm³/mol. The summed E-state index contributed by atoms with van der Waals surface area (Å²) in [4.78, 5) is 0.809. The first-order valence-electron chi connectivity index (χ1n) is 4.06. The highest BCUT2D eigenvalue weighted by Crippen LogP contribution is 2.32. The number of halogens is 1. The van der Waals surface area contributed by atoms with Gasteiger partial charge in [-0.3, -0.25) is 0 Å². The number of unbranched alkanes of at least 4 members (excludes halogenated alkanes) is 1. The number of hydrogen-bond donors (Lipinski definition) is 0. The summed E-state index contributed by atoms with van der Waals surface area (Å²) >= 11 is 5.81. The third kappa shape index (κ3) is 2.46. The first-order chi connectivity index (χ1) is 4.84. The molecule has 1 saturated heterocycles. The Bertz CT molecular complexity index is 95.3. The van der Waals surface area contributed by atoms with Gasteiger partial charge < -0.3 is 0 Å². The van der Waals surface area contributed by atoms with Gasteiger partial charge in [-0.1, -0.05) is 35.7 Å². The summed E-state index contributed by atoms with van der Waals surface area (Å²) < 4.78 is 0. The first kappa shape index (κ1) is 8.92. The van der Waals surface area contributed by atoms with E-state index in [1.54, 1.807) is 0 Å². The summed E-state index contributed by atoms with van der Waals surface area (Å²) in [5.74, 6) is 3.68. The molecule has 0 N–H and O–H groups in total. The number of alkyl halides is 1. The van der Waals surface area contributed by atoms with Gasteiger partial charge in [-0.15, -0.1) is 0 Å². The van der Waals surface area contributed by atoms with Crippen molar-refractivity contribution in [3.63, 3.8) is 0 Å². The Hall–Kier alpha value is 0.830. The van der Waals surface area contributed by atoms with Gasteiger partial charge in [-0.25, -0.2) is 0 Å². The largest absolute Gasteiger partial charge is 0.161 e. The molecule has 0 amide bonds. The van der Waals surface area contributed by atoms with Crippen LogP contribution in [0.1, 0.15) is 26.2 Å². The van der Waals surface area contributed by atoms with Crippen LogP contribution in [0.5, 0.6) is 0 Å². The van der Waals surface area contributed by atoms with Crippen molar-refractivity contribution < 1.29 is 0 Å². The minimum absolute atomic E-state index is 0.809. The van der Waals surface area contributed by atoms with Crippen molar-refractivity contribution in [2.75, 3.05) is 11.5 Å². The molecule has 0 aliphatic carbocycles. The van der Waals surface area contributed by atoms with E-state index in [1.807, 2.05) is 0 Å². The molecule has 2 atom stereocenters. The van der Waals surface area contributed by atoms with Crippen LogP contribution in [0, 0.1) is 5.92 Å². The van der Waals surface area contributed by atoms with Crippen molar-refractivity contribution in [2.24, 2.45) is 5.92 Å². The molecule has 0 aromatic heterocycles. The maximum absolute atomic E-state index is 3.71. The summed E-state index contributed by atoms with van der Waals surface area (Å²) in [6, 6.07) is 0. The van der Waals surface area contributed by atoms with Crippen molar-refractivity contribution in [3.05, 3.63) is 0 Å². The molecule has 0 aromatic rings. The fraction of sp³-hybridized carbons (Fsp3) is 1.00. The van der Waals surface area contributed by atoms with E-state index >= 15 is 0 Å². The molecular formula is C8H15BrS. The van der Waals surface area contributed by atoms with Crippen LogP contribution in [-0.2, 0) is 0 Å². The van der Waals surface area contributed by atoms with Gasteiger partial charge in [0, 0.05) is 10.6 Å². The van der Waals surface area contributed by atoms with Gasteiger partial charge in [0.15, 0.2) is 0 Å². The minimum atomic E-state index is 0.809. The molecule has 1 aliphatic rings. The molecule has 0 nitrogen and oxygen atoms in total. The lowest BCUT2D eigenvalue weighted by Gasteiger charge is -2.10. The highest BCUT2D eigenvalue weighted by atomic mass is 79.9. The normalized spacial score (nSPS) is 33.0. The van der Waals surface area contributed by atoms with E-state index in [1.165, 1.54) is 30.8 Å². The number of rotatable bonds is 3. The molecule has 2 unspecified atom stereocenters. The molecule has 0 aromatic carbocycles. The van der Waals surface area contributed by atoms with Gasteiger partial charge in [-0.2, -0.15) is 11.8 Å². The number of hydrogen-bond acceptors (Lipinski definition) is 1. The van der Waals surface area contributed by atoms with Gasteiger partial charge in [0.2, 0.25) is 0 Å². The maximum atomic E-state index is 3.71. The third-order valence-electron chi connectivity index (χ3n) is 2.05. The molecule has 10 heavy (non-hydrogen) atoms. The minimum Gasteiger partial charge on any atom is -0.161 e. The maximum Gasteiger partial charge on any atom is 0.0272 e. The fourth-order valence-corrected chi connectivity index (χ4v) is 3.90. The molecule has 1 fully saturated rings. The van der Waals surface area contributed by atoms with E-state index < -0.39 is 0 Å². The topological polar surface area (TPSA) is 0 Å². The molecule has 1 heterocycles. The lowest BCUT2D eigenvalue weighted by atomic mass is 10.0. The van der Waals surface area contributed by atoms with Crippen LogP contribution in [0.15, 0.2) is 0 Å². The highest BCUT2D eigenvalue weighted by molar-refractivity contribution is 9.09. The predicted octanol–water partition coefficient (Wildman–Crippen LogP) is 3.30. The van der Waals surface area contributed by atoms with E-state index in [-0.39, 0.29) is 0 Å². The lowest BCUT2D eigenvalue weighted by molar-refractivity contribution is 0.531. The van der Waals surface area contributed by atoms with Crippen molar-refractivity contribution in [2.45, 2.75) is 31.0 Å². The molecule has 0 saturated carbocycles. The average molecular weight is 223 g/mol. The molecule has 0 bridgehead atoms. The van der Waals surface area contributed by atoms with Crippen LogP contribution < -0.4 is 0 Å². The van der Waals surface area contributed by atoms with E-state index in [9.17, 15) is 0 Å². The summed E-state index contributed by atoms with van der Waals surface area (Å²) in [5.41, 5.74) is 0. The summed E-state index contributed by atoms with van der Waals surface area (Å²) in [7, 11) is 0. The fourth-order valence-electron chi connectivity index (χ4n) is 1.30.